The van der Waals surface area contributed by atoms with Gasteiger partial charge >= 0.3 is 17.1 Å². The van der Waals surface area contributed by atoms with E-state index >= 15 is 0 Å². The van der Waals surface area contributed by atoms with Crippen LogP contribution in [0.2, 0.25) is 25.2 Å². The van der Waals surface area contributed by atoms with E-state index in [0.29, 0.717) is 26.4 Å². The molecule has 5 atom stereocenters. The van der Waals surface area contributed by atoms with Gasteiger partial charge in [0.1, 0.15) is 4.32 Å². The van der Waals surface area contributed by atoms with Crippen molar-refractivity contribution in [3.8, 4) is 0 Å². The molecule has 0 aliphatic heterocycles. The summed E-state index contributed by atoms with van der Waals surface area (Å²) in [4.78, 5) is 2.20. The van der Waals surface area contributed by atoms with Crippen LogP contribution >= 0.6 is 36.6 Å². The zero-order chi connectivity index (χ0) is 28.3. The summed E-state index contributed by atoms with van der Waals surface area (Å²) in [6.45, 7) is 18.8. The Kier molecular flexibility index (Phi) is 22.0. The second kappa shape index (κ2) is 21.5. The number of thioether (sulfide) groups is 1. The molecule has 0 fully saturated rings. The second-order valence-corrected chi connectivity index (χ2v) is 19.3. The Morgan fingerprint density at radius 3 is 1.59 bits per heavy atom. The minimum absolute atomic E-state index is 0.0813. The molecule has 0 heterocycles. The number of hydrogen-bond donors (Lipinski definition) is 3. The van der Waals surface area contributed by atoms with Gasteiger partial charge in [0.25, 0.3) is 0 Å². The van der Waals surface area contributed by atoms with Crippen LogP contribution in [0.25, 0.3) is 0 Å². The number of aliphatic hydroxyl groups is 2. The molecule has 12 heteroatoms. The van der Waals surface area contributed by atoms with Gasteiger partial charge in [-0.3, -0.25) is 0 Å². The lowest BCUT2D eigenvalue weighted by Crippen LogP contribution is -2.44. The molecule has 0 aromatic carbocycles. The normalized spacial score (nSPS) is 17.6. The number of hydrogen-bond acceptors (Lipinski definition) is 9. The molecule has 7 nitrogen and oxygen atoms in total. The van der Waals surface area contributed by atoms with E-state index in [4.69, 9.17) is 29.9 Å². The number of nitrogens with zero attached hydrogens (tertiary/aromatic N) is 1. The van der Waals surface area contributed by atoms with Crippen molar-refractivity contribution in [2.45, 2.75) is 72.6 Å². The molecule has 0 rings (SSSR count). The Bertz CT molecular complexity index is 597. The van der Waals surface area contributed by atoms with E-state index in [1.165, 1.54) is 0 Å². The summed E-state index contributed by atoms with van der Waals surface area (Å²) < 4.78 is 26.3. The average Bonchev–Trinajstić information content (AvgIpc) is 2.90. The fourth-order valence-electron chi connectivity index (χ4n) is 3.33. The van der Waals surface area contributed by atoms with Crippen molar-refractivity contribution in [1.29, 1.82) is 0 Å². The lowest BCUT2D eigenvalue weighted by molar-refractivity contribution is 0.0871. The van der Waals surface area contributed by atoms with Crippen molar-refractivity contribution in [2.24, 2.45) is 17.8 Å². The molecule has 0 spiro atoms. The highest BCUT2D eigenvalue weighted by atomic mass is 32.2. The highest BCUT2D eigenvalue weighted by Crippen LogP contribution is 2.23. The summed E-state index contributed by atoms with van der Waals surface area (Å²) in [6, 6.07) is 1.76. The Balaban J connectivity index is 4.90. The number of thiocarbonyl (C=S) groups is 1. The van der Waals surface area contributed by atoms with E-state index in [1.54, 1.807) is 11.8 Å². The predicted molar refractivity (Wildman–Crippen MR) is 169 cm³/mol. The summed E-state index contributed by atoms with van der Waals surface area (Å²) in [7, 11) is -4.79. The van der Waals surface area contributed by atoms with Crippen molar-refractivity contribution in [2.75, 3.05) is 64.2 Å². The summed E-state index contributed by atoms with van der Waals surface area (Å²) in [5, 5.41) is 18.8. The van der Waals surface area contributed by atoms with Crippen LogP contribution in [0.1, 0.15) is 47.5 Å². The number of rotatable bonds is 23. The van der Waals surface area contributed by atoms with Gasteiger partial charge in [0.05, 0.1) is 0 Å². The summed E-state index contributed by atoms with van der Waals surface area (Å²) in [6.07, 6.45) is 1.92. The topological polar surface area (TPSA) is 80.6 Å². The fraction of sp³-hybridized carbons (Fsp3) is 0.960. The first-order valence-electron chi connectivity index (χ1n) is 13.8. The Hall–Kier alpha value is 0.784. The first kappa shape index (κ1) is 37.8. The van der Waals surface area contributed by atoms with E-state index in [2.05, 4.69) is 51.4 Å². The van der Waals surface area contributed by atoms with Gasteiger partial charge in [-0.25, -0.2) is 0 Å². The van der Waals surface area contributed by atoms with Crippen LogP contribution in [0.5, 0.6) is 0 Å². The maximum absolute atomic E-state index is 9.45. The van der Waals surface area contributed by atoms with E-state index in [-0.39, 0.29) is 31.0 Å². The van der Waals surface area contributed by atoms with Crippen LogP contribution in [0.4, 0.5) is 0 Å². The summed E-state index contributed by atoms with van der Waals surface area (Å²) in [5.74, 6) is 2.11. The van der Waals surface area contributed by atoms with Gasteiger partial charge in [0.15, 0.2) is 0 Å². The van der Waals surface area contributed by atoms with E-state index in [0.717, 1.165) is 53.8 Å². The zero-order valence-corrected chi connectivity index (χ0v) is 28.9. The smallest absolute Gasteiger partial charge is 0.334 e. The van der Waals surface area contributed by atoms with Crippen molar-refractivity contribution >= 4 is 58.1 Å². The minimum Gasteiger partial charge on any atom is -0.396 e. The third kappa shape index (κ3) is 18.0. The molecular formula is C25H55NO6S3Si2. The molecule has 0 radical (unpaired) electrons. The molecule has 0 aromatic heterocycles. The van der Waals surface area contributed by atoms with Gasteiger partial charge in [-0.15, -0.1) is 0 Å². The van der Waals surface area contributed by atoms with Crippen LogP contribution in [0, 0.1) is 17.8 Å². The van der Waals surface area contributed by atoms with Gasteiger partial charge in [0.2, 0.25) is 0 Å². The number of aliphatic hydroxyl groups excluding tert-OH is 2. The lowest BCUT2D eigenvalue weighted by Gasteiger charge is -2.32. The van der Waals surface area contributed by atoms with Gasteiger partial charge in [-0.05, 0) is 57.6 Å². The van der Waals surface area contributed by atoms with Crippen LogP contribution in [-0.4, -0.2) is 101 Å². The van der Waals surface area contributed by atoms with Crippen molar-refractivity contribution < 1.29 is 27.9 Å². The SMILES string of the molecule is CCN(CC)C(=S)SCCC[Si](C)(OCC(C)CO)OCC(C)CO[Si](C)(CCCS)OCC(C)CO. The van der Waals surface area contributed by atoms with Crippen molar-refractivity contribution in [3.63, 3.8) is 0 Å². The second-order valence-electron chi connectivity index (χ2n) is 10.4. The number of thiol groups is 1. The predicted octanol–water partition coefficient (Wildman–Crippen LogP) is 5.16. The van der Waals surface area contributed by atoms with Crippen LogP contribution < -0.4 is 0 Å². The van der Waals surface area contributed by atoms with Crippen LogP contribution in [0.15, 0.2) is 0 Å². The van der Waals surface area contributed by atoms with E-state index < -0.39 is 17.1 Å². The molecule has 2 N–H and O–H groups in total. The first-order valence-corrected chi connectivity index (χ1v) is 20.8. The van der Waals surface area contributed by atoms with Gasteiger partial charge in [-0.1, -0.05) is 44.8 Å². The molecule has 0 aliphatic carbocycles. The van der Waals surface area contributed by atoms with Gasteiger partial charge < -0.3 is 32.8 Å². The highest BCUT2D eigenvalue weighted by Gasteiger charge is 2.34. The molecule has 0 aliphatic rings. The summed E-state index contributed by atoms with van der Waals surface area (Å²) in [5.41, 5.74) is 0. The third-order valence-electron chi connectivity index (χ3n) is 6.13. The van der Waals surface area contributed by atoms with E-state index in [1.807, 2.05) is 13.8 Å². The third-order valence-corrected chi connectivity index (χ3v) is 13.7. The Morgan fingerprint density at radius 1 is 0.811 bits per heavy atom. The molecule has 37 heavy (non-hydrogen) atoms. The maximum Gasteiger partial charge on any atom is 0.334 e. The van der Waals surface area contributed by atoms with E-state index in [9.17, 15) is 10.2 Å². The molecular weight excluding hydrogens is 563 g/mol. The van der Waals surface area contributed by atoms with Crippen LogP contribution in [-0.2, 0) is 17.7 Å². The largest absolute Gasteiger partial charge is 0.396 e. The minimum atomic E-state index is -2.43. The monoisotopic (exact) mass is 617 g/mol. The molecule has 5 unspecified atom stereocenters. The van der Waals surface area contributed by atoms with Gasteiger partial charge in [-0.2, -0.15) is 12.6 Å². The summed E-state index contributed by atoms with van der Waals surface area (Å²) >= 11 is 11.7. The molecule has 0 saturated carbocycles. The Labute approximate surface area is 244 Å². The molecule has 222 valence electrons. The zero-order valence-electron chi connectivity index (χ0n) is 24.4. The molecule has 0 saturated heterocycles. The van der Waals surface area contributed by atoms with Crippen molar-refractivity contribution in [1.82, 2.24) is 4.90 Å². The lowest BCUT2D eigenvalue weighted by atomic mass is 10.2. The maximum atomic E-state index is 9.45. The Morgan fingerprint density at radius 2 is 1.22 bits per heavy atom. The first-order chi connectivity index (χ1) is 17.5. The molecule has 0 bridgehead atoms. The average molecular weight is 618 g/mol. The molecule has 0 amide bonds. The fourth-order valence-corrected chi connectivity index (χ4v) is 10.4. The standard InChI is InChI=1S/C25H55NO6S3Si2/c1-8-26(9-2)25(34)35-13-11-15-37(7,30-19-23(4)17-28)32-21-24(5)20-31-36(6,14-10-12-33)29-18-22(3)16-27/h22-24,27-28,33H,8-21H2,1-7H3. The van der Waals surface area contributed by atoms with Crippen molar-refractivity contribution in [3.05, 3.63) is 0 Å². The quantitative estimate of drug-likeness (QED) is 0.0624. The van der Waals surface area contributed by atoms with Gasteiger partial charge in [0, 0.05) is 76.2 Å². The molecule has 0 aromatic rings. The van der Waals surface area contributed by atoms with Crippen LogP contribution in [0.3, 0.4) is 0 Å². The highest BCUT2D eigenvalue weighted by molar-refractivity contribution is 8.22.